The summed E-state index contributed by atoms with van der Waals surface area (Å²) in [6.07, 6.45) is 0. The molecule has 5 nitrogen and oxygen atoms in total. The molecule has 1 N–H and O–H groups in total. The molecule has 0 bridgehead atoms. The van der Waals surface area contributed by atoms with Gasteiger partial charge in [0.2, 0.25) is 0 Å². The third-order valence-corrected chi connectivity index (χ3v) is 4.94. The molecule has 2 amide bonds. The highest BCUT2D eigenvalue weighted by Crippen LogP contribution is 2.26. The number of amides is 2. The van der Waals surface area contributed by atoms with Gasteiger partial charge in [-0.1, -0.05) is 23.2 Å². The number of urea groups is 1. The van der Waals surface area contributed by atoms with Crippen LogP contribution in [0.1, 0.15) is 17.3 Å². The van der Waals surface area contributed by atoms with Crippen LogP contribution in [0.5, 0.6) is 0 Å². The molecule has 0 aromatic heterocycles. The molecule has 0 atom stereocenters. The fourth-order valence-electron chi connectivity index (χ4n) is 2.86. The molecule has 2 aromatic rings. The summed E-state index contributed by atoms with van der Waals surface area (Å²) in [5.41, 5.74) is 2.25. The van der Waals surface area contributed by atoms with E-state index in [2.05, 4.69) is 10.2 Å². The van der Waals surface area contributed by atoms with E-state index in [0.29, 0.717) is 34.4 Å². The van der Waals surface area contributed by atoms with Gasteiger partial charge in [0.25, 0.3) is 0 Å². The molecule has 0 aliphatic carbocycles. The molecule has 2 aromatic carbocycles. The van der Waals surface area contributed by atoms with Crippen molar-refractivity contribution in [2.75, 3.05) is 36.4 Å². The number of hydrogen-bond acceptors (Lipinski definition) is 3. The molecule has 0 spiro atoms. The first-order valence-electron chi connectivity index (χ1n) is 8.31. The molecule has 26 heavy (non-hydrogen) atoms. The highest BCUT2D eigenvalue weighted by atomic mass is 35.5. The number of nitrogens with zero attached hydrogens (tertiary/aromatic N) is 2. The molecular weight excluding hydrogens is 373 g/mol. The van der Waals surface area contributed by atoms with Crippen molar-refractivity contribution in [1.29, 1.82) is 0 Å². The second-order valence-electron chi connectivity index (χ2n) is 6.13. The van der Waals surface area contributed by atoms with Gasteiger partial charge in [-0.15, -0.1) is 0 Å². The third kappa shape index (κ3) is 4.29. The minimum absolute atomic E-state index is 0.0534. The Balaban J connectivity index is 1.58. The Labute approximate surface area is 162 Å². The van der Waals surface area contributed by atoms with E-state index in [-0.39, 0.29) is 11.8 Å². The number of carbonyl (C=O) groups is 2. The van der Waals surface area contributed by atoms with Crippen LogP contribution in [-0.4, -0.2) is 42.9 Å². The maximum atomic E-state index is 12.5. The average Bonchev–Trinajstić information content (AvgIpc) is 2.65. The van der Waals surface area contributed by atoms with Crippen LogP contribution in [0.4, 0.5) is 16.2 Å². The summed E-state index contributed by atoms with van der Waals surface area (Å²) >= 11 is 12.0. The summed E-state index contributed by atoms with van der Waals surface area (Å²) in [6.45, 7) is 4.18. The van der Waals surface area contributed by atoms with Gasteiger partial charge in [-0.2, -0.15) is 0 Å². The lowest BCUT2D eigenvalue weighted by molar-refractivity contribution is 0.101. The first-order chi connectivity index (χ1) is 12.4. The predicted molar refractivity (Wildman–Crippen MR) is 106 cm³/mol. The molecular formula is C19H19Cl2N3O2. The van der Waals surface area contributed by atoms with E-state index in [9.17, 15) is 9.59 Å². The van der Waals surface area contributed by atoms with Crippen molar-refractivity contribution < 1.29 is 9.59 Å². The summed E-state index contributed by atoms with van der Waals surface area (Å²) in [7, 11) is 0. The molecule has 1 aliphatic heterocycles. The van der Waals surface area contributed by atoms with Crippen molar-refractivity contribution in [3.8, 4) is 0 Å². The summed E-state index contributed by atoms with van der Waals surface area (Å²) in [5.74, 6) is 0.0534. The smallest absolute Gasteiger partial charge is 0.322 e. The number of benzene rings is 2. The molecule has 0 radical (unpaired) electrons. The maximum Gasteiger partial charge on any atom is 0.322 e. The largest absolute Gasteiger partial charge is 0.368 e. The maximum absolute atomic E-state index is 12.5. The first kappa shape index (κ1) is 18.5. The van der Waals surface area contributed by atoms with Gasteiger partial charge in [0, 0.05) is 42.5 Å². The van der Waals surface area contributed by atoms with E-state index in [1.165, 1.54) is 0 Å². The third-order valence-electron chi connectivity index (χ3n) is 4.38. The Hall–Kier alpha value is -2.24. The van der Waals surface area contributed by atoms with Crippen LogP contribution in [0.25, 0.3) is 0 Å². The van der Waals surface area contributed by atoms with E-state index in [1.54, 1.807) is 30.0 Å². The molecule has 136 valence electrons. The van der Waals surface area contributed by atoms with E-state index in [0.717, 1.165) is 18.8 Å². The lowest BCUT2D eigenvalue weighted by atomic mass is 10.1. The number of piperazine rings is 1. The highest BCUT2D eigenvalue weighted by Gasteiger charge is 2.22. The second-order valence-corrected chi connectivity index (χ2v) is 6.98. The summed E-state index contributed by atoms with van der Waals surface area (Å²) in [4.78, 5) is 27.8. The Morgan fingerprint density at radius 3 is 2.23 bits per heavy atom. The van der Waals surface area contributed by atoms with Gasteiger partial charge in [0.1, 0.15) is 0 Å². The van der Waals surface area contributed by atoms with Gasteiger partial charge in [-0.3, -0.25) is 4.79 Å². The molecule has 1 fully saturated rings. The van der Waals surface area contributed by atoms with Crippen LogP contribution in [0.2, 0.25) is 10.0 Å². The molecule has 1 saturated heterocycles. The molecule has 1 heterocycles. The lowest BCUT2D eigenvalue weighted by Crippen LogP contribution is -2.50. The minimum Gasteiger partial charge on any atom is -0.368 e. The molecule has 0 unspecified atom stereocenters. The Morgan fingerprint density at radius 1 is 0.962 bits per heavy atom. The number of anilines is 2. The zero-order valence-corrected chi connectivity index (χ0v) is 15.8. The fraction of sp³-hybridized carbons (Fsp3) is 0.263. The zero-order chi connectivity index (χ0) is 18.7. The molecule has 0 saturated carbocycles. The standard InChI is InChI=1S/C19H19Cl2N3O2/c1-13(25)14-2-5-16(6-3-14)23-8-10-24(11-9-23)19(26)22-18-12-15(20)4-7-17(18)21/h2-7,12H,8-11H2,1H3,(H,22,26). The van der Waals surface area contributed by atoms with Gasteiger partial charge in [-0.25, -0.2) is 4.79 Å². The Morgan fingerprint density at radius 2 is 1.62 bits per heavy atom. The van der Waals surface area contributed by atoms with E-state index >= 15 is 0 Å². The number of carbonyl (C=O) groups excluding carboxylic acids is 2. The van der Waals surface area contributed by atoms with Gasteiger partial charge < -0.3 is 15.1 Å². The Bertz CT molecular complexity index is 816. The van der Waals surface area contributed by atoms with Crippen LogP contribution >= 0.6 is 23.2 Å². The predicted octanol–water partition coefficient (Wildman–Crippen LogP) is 4.55. The first-order valence-corrected chi connectivity index (χ1v) is 9.06. The Kier molecular flexibility index (Phi) is 5.69. The van der Waals surface area contributed by atoms with Crippen LogP contribution in [0.3, 0.4) is 0 Å². The van der Waals surface area contributed by atoms with Gasteiger partial charge in [0.15, 0.2) is 5.78 Å². The van der Waals surface area contributed by atoms with Crippen molar-refractivity contribution in [2.45, 2.75) is 6.92 Å². The number of ketones is 1. The lowest BCUT2D eigenvalue weighted by Gasteiger charge is -2.36. The van der Waals surface area contributed by atoms with Crippen LogP contribution < -0.4 is 10.2 Å². The normalized spacial score (nSPS) is 14.3. The fourth-order valence-corrected chi connectivity index (χ4v) is 3.20. The molecule has 1 aliphatic rings. The molecule has 7 heteroatoms. The van der Waals surface area contributed by atoms with Crippen molar-refractivity contribution in [2.24, 2.45) is 0 Å². The summed E-state index contributed by atoms with van der Waals surface area (Å²) < 4.78 is 0. The van der Waals surface area contributed by atoms with Gasteiger partial charge >= 0.3 is 6.03 Å². The zero-order valence-electron chi connectivity index (χ0n) is 14.3. The van der Waals surface area contributed by atoms with Gasteiger partial charge in [-0.05, 0) is 49.4 Å². The summed E-state index contributed by atoms with van der Waals surface area (Å²) in [5, 5.41) is 3.78. The van der Waals surface area contributed by atoms with E-state index in [4.69, 9.17) is 23.2 Å². The van der Waals surface area contributed by atoms with Gasteiger partial charge in [0.05, 0.1) is 10.7 Å². The van der Waals surface area contributed by atoms with Crippen molar-refractivity contribution in [3.05, 3.63) is 58.1 Å². The van der Waals surface area contributed by atoms with Crippen molar-refractivity contribution in [3.63, 3.8) is 0 Å². The van der Waals surface area contributed by atoms with Crippen molar-refractivity contribution >= 4 is 46.4 Å². The number of hydrogen-bond donors (Lipinski definition) is 1. The minimum atomic E-state index is -0.194. The number of nitrogens with one attached hydrogen (secondary N) is 1. The number of halogens is 2. The number of rotatable bonds is 3. The summed E-state index contributed by atoms with van der Waals surface area (Å²) in [6, 6.07) is 12.3. The van der Waals surface area contributed by atoms with E-state index in [1.807, 2.05) is 24.3 Å². The van der Waals surface area contributed by atoms with E-state index < -0.39 is 0 Å². The highest BCUT2D eigenvalue weighted by molar-refractivity contribution is 6.35. The van der Waals surface area contributed by atoms with Crippen molar-refractivity contribution in [1.82, 2.24) is 4.90 Å². The average molecular weight is 392 g/mol. The van der Waals surface area contributed by atoms with Crippen LogP contribution in [0.15, 0.2) is 42.5 Å². The topological polar surface area (TPSA) is 52.7 Å². The van der Waals surface area contributed by atoms with Crippen LogP contribution in [0, 0.1) is 0 Å². The second kappa shape index (κ2) is 7.98. The monoisotopic (exact) mass is 391 g/mol. The molecule has 3 rings (SSSR count). The van der Waals surface area contributed by atoms with Crippen LogP contribution in [-0.2, 0) is 0 Å². The quantitative estimate of drug-likeness (QED) is 0.780. The SMILES string of the molecule is CC(=O)c1ccc(N2CCN(C(=O)Nc3cc(Cl)ccc3Cl)CC2)cc1. The number of Topliss-reactive ketones (excluding diaryl/α,β-unsaturated/α-hetero) is 1.